The molecule has 0 unspecified atom stereocenters. The Morgan fingerprint density at radius 1 is 1.39 bits per heavy atom. The number of ether oxygens (including phenoxy) is 1. The van der Waals surface area contributed by atoms with Crippen molar-refractivity contribution in [1.29, 1.82) is 0 Å². The van der Waals surface area contributed by atoms with Gasteiger partial charge < -0.3 is 14.7 Å². The summed E-state index contributed by atoms with van der Waals surface area (Å²) in [6.45, 7) is 8.30. The van der Waals surface area contributed by atoms with Crippen LogP contribution in [0.1, 0.15) is 40.5 Å². The van der Waals surface area contributed by atoms with E-state index in [9.17, 15) is 9.59 Å². The maximum Gasteiger partial charge on any atom is 0.410 e. The van der Waals surface area contributed by atoms with E-state index < -0.39 is 17.5 Å². The Kier molecular flexibility index (Phi) is 4.59. The number of hydrogen-bond donors (Lipinski definition) is 1. The van der Waals surface area contributed by atoms with Crippen LogP contribution in [0.2, 0.25) is 0 Å². The molecule has 0 aromatic carbocycles. The first kappa shape index (κ1) is 14.8. The third-order valence-corrected chi connectivity index (χ3v) is 3.21. The topological polar surface area (TPSA) is 66.8 Å². The van der Waals surface area contributed by atoms with Gasteiger partial charge in [-0.1, -0.05) is 6.92 Å². The van der Waals surface area contributed by atoms with E-state index in [0.29, 0.717) is 13.1 Å². The lowest BCUT2D eigenvalue weighted by molar-refractivity contribution is -0.143. The predicted octanol–water partition coefficient (Wildman–Crippen LogP) is 2.35. The Hall–Kier alpha value is -1.26. The van der Waals surface area contributed by atoms with E-state index in [1.54, 1.807) is 11.8 Å². The first-order valence-corrected chi connectivity index (χ1v) is 6.41. The van der Waals surface area contributed by atoms with E-state index >= 15 is 0 Å². The van der Waals surface area contributed by atoms with Crippen LogP contribution in [-0.4, -0.2) is 40.8 Å². The summed E-state index contributed by atoms with van der Waals surface area (Å²) < 4.78 is 5.31. The zero-order valence-corrected chi connectivity index (χ0v) is 11.6. The fourth-order valence-electron chi connectivity index (χ4n) is 2.11. The van der Waals surface area contributed by atoms with Gasteiger partial charge in [0.2, 0.25) is 0 Å². The number of likely N-dealkylation sites (tertiary alicyclic amines) is 1. The zero-order chi connectivity index (χ0) is 13.9. The average molecular weight is 257 g/mol. The minimum atomic E-state index is -0.800. The fourth-order valence-corrected chi connectivity index (χ4v) is 2.11. The van der Waals surface area contributed by atoms with Crippen molar-refractivity contribution < 1.29 is 19.4 Å². The van der Waals surface area contributed by atoms with Crippen molar-refractivity contribution in [3.63, 3.8) is 0 Å². The van der Waals surface area contributed by atoms with E-state index in [0.717, 1.165) is 12.8 Å². The largest absolute Gasteiger partial charge is 0.481 e. The monoisotopic (exact) mass is 257 g/mol. The van der Waals surface area contributed by atoms with Crippen molar-refractivity contribution in [2.75, 3.05) is 13.1 Å². The Labute approximate surface area is 108 Å². The molecule has 5 nitrogen and oxygen atoms in total. The molecule has 1 saturated heterocycles. The molecular weight excluding hydrogens is 234 g/mol. The van der Waals surface area contributed by atoms with Crippen LogP contribution in [0.3, 0.4) is 0 Å². The molecule has 1 aliphatic rings. The van der Waals surface area contributed by atoms with Crippen LogP contribution in [0.15, 0.2) is 0 Å². The zero-order valence-electron chi connectivity index (χ0n) is 11.6. The Morgan fingerprint density at radius 2 is 2.00 bits per heavy atom. The highest BCUT2D eigenvalue weighted by atomic mass is 16.6. The number of aliphatic carboxylic acids is 1. The molecule has 0 aromatic heterocycles. The molecule has 18 heavy (non-hydrogen) atoms. The van der Waals surface area contributed by atoms with Crippen molar-refractivity contribution in [1.82, 2.24) is 4.90 Å². The summed E-state index contributed by atoms with van der Waals surface area (Å²) in [5, 5.41) is 9.01. The summed E-state index contributed by atoms with van der Waals surface area (Å²) in [5.74, 6) is -1.20. The molecule has 1 amide bonds. The smallest absolute Gasteiger partial charge is 0.410 e. The molecule has 0 aliphatic carbocycles. The highest BCUT2D eigenvalue weighted by molar-refractivity contribution is 5.71. The van der Waals surface area contributed by atoms with Gasteiger partial charge in [-0.05, 0) is 39.5 Å². The van der Waals surface area contributed by atoms with Crippen LogP contribution in [0.5, 0.6) is 0 Å². The van der Waals surface area contributed by atoms with Crippen LogP contribution in [0.25, 0.3) is 0 Å². The van der Waals surface area contributed by atoms with E-state index in [2.05, 4.69) is 0 Å². The predicted molar refractivity (Wildman–Crippen MR) is 67.3 cm³/mol. The van der Waals surface area contributed by atoms with Crippen molar-refractivity contribution in [3.05, 3.63) is 0 Å². The first-order valence-electron chi connectivity index (χ1n) is 6.41. The SMILES string of the molecule is C[C@@H](C(=O)O)[C@@H]1CCCN(C(=O)OC(C)(C)C)C1. The number of nitrogens with zero attached hydrogens (tertiary/aromatic N) is 1. The van der Waals surface area contributed by atoms with Crippen LogP contribution in [0.4, 0.5) is 4.79 Å². The van der Waals surface area contributed by atoms with Gasteiger partial charge in [-0.3, -0.25) is 4.79 Å². The summed E-state index contributed by atoms with van der Waals surface area (Å²) >= 11 is 0. The van der Waals surface area contributed by atoms with E-state index in [1.165, 1.54) is 0 Å². The van der Waals surface area contributed by atoms with Crippen LogP contribution in [0, 0.1) is 11.8 Å². The molecule has 104 valence electrons. The second-order valence-corrected chi connectivity index (χ2v) is 5.96. The maximum atomic E-state index is 11.9. The summed E-state index contributed by atoms with van der Waals surface area (Å²) in [6, 6.07) is 0. The molecule has 2 atom stereocenters. The lowest BCUT2D eigenvalue weighted by Crippen LogP contribution is -2.45. The minimum absolute atomic E-state index is 0.0174. The lowest BCUT2D eigenvalue weighted by Gasteiger charge is -2.35. The number of carbonyl (C=O) groups is 2. The first-order chi connectivity index (χ1) is 8.20. The molecule has 1 N–H and O–H groups in total. The van der Waals surface area contributed by atoms with E-state index in [4.69, 9.17) is 9.84 Å². The number of piperidine rings is 1. The third kappa shape index (κ3) is 4.20. The van der Waals surface area contributed by atoms with Crippen molar-refractivity contribution in [2.24, 2.45) is 11.8 Å². The Balaban J connectivity index is 2.58. The van der Waals surface area contributed by atoms with Gasteiger partial charge in [0.1, 0.15) is 5.60 Å². The van der Waals surface area contributed by atoms with Crippen LogP contribution < -0.4 is 0 Å². The summed E-state index contributed by atoms with van der Waals surface area (Å²) in [6.07, 6.45) is 1.35. The standard InChI is InChI=1S/C13H23NO4/c1-9(11(15)16)10-6-5-7-14(8-10)12(17)18-13(2,3)4/h9-10H,5-8H2,1-4H3,(H,15,16)/t9-,10-/m1/s1. The van der Waals surface area contributed by atoms with Gasteiger partial charge in [-0.2, -0.15) is 0 Å². The van der Waals surface area contributed by atoms with Crippen molar-refractivity contribution >= 4 is 12.1 Å². The summed E-state index contributed by atoms with van der Waals surface area (Å²) in [5.41, 5.74) is -0.511. The molecule has 1 fully saturated rings. The van der Waals surface area contributed by atoms with E-state index in [1.807, 2.05) is 20.8 Å². The number of rotatable bonds is 2. The second-order valence-electron chi connectivity index (χ2n) is 5.96. The molecule has 0 radical (unpaired) electrons. The van der Waals surface area contributed by atoms with Gasteiger partial charge in [0.05, 0.1) is 5.92 Å². The number of carboxylic acids is 1. The molecule has 5 heteroatoms. The minimum Gasteiger partial charge on any atom is -0.481 e. The summed E-state index contributed by atoms with van der Waals surface area (Å²) in [4.78, 5) is 24.5. The van der Waals surface area contributed by atoms with Gasteiger partial charge in [0.15, 0.2) is 0 Å². The molecule has 0 bridgehead atoms. The maximum absolute atomic E-state index is 11.9. The quantitative estimate of drug-likeness (QED) is 0.824. The summed E-state index contributed by atoms with van der Waals surface area (Å²) in [7, 11) is 0. The molecular formula is C13H23NO4. The molecule has 0 saturated carbocycles. The van der Waals surface area contributed by atoms with Gasteiger partial charge in [0.25, 0.3) is 0 Å². The van der Waals surface area contributed by atoms with Crippen molar-refractivity contribution in [3.8, 4) is 0 Å². The Morgan fingerprint density at radius 3 is 2.50 bits per heavy atom. The number of carboxylic acid groups (broad SMARTS) is 1. The van der Waals surface area contributed by atoms with Crippen LogP contribution >= 0.6 is 0 Å². The third-order valence-electron chi connectivity index (χ3n) is 3.21. The molecule has 1 aliphatic heterocycles. The number of hydrogen-bond acceptors (Lipinski definition) is 3. The highest BCUT2D eigenvalue weighted by Crippen LogP contribution is 2.25. The van der Waals surface area contributed by atoms with Gasteiger partial charge in [0, 0.05) is 13.1 Å². The van der Waals surface area contributed by atoms with E-state index in [-0.39, 0.29) is 12.0 Å². The number of carbonyl (C=O) groups excluding carboxylic acids is 1. The number of amides is 1. The normalized spacial score (nSPS) is 22.4. The van der Waals surface area contributed by atoms with Gasteiger partial charge >= 0.3 is 12.1 Å². The van der Waals surface area contributed by atoms with Gasteiger partial charge in [-0.15, -0.1) is 0 Å². The Bertz CT molecular complexity index is 321. The highest BCUT2D eigenvalue weighted by Gasteiger charge is 2.32. The fraction of sp³-hybridized carbons (Fsp3) is 0.846. The molecule has 0 aromatic rings. The molecule has 0 spiro atoms. The van der Waals surface area contributed by atoms with Crippen molar-refractivity contribution in [2.45, 2.75) is 46.1 Å². The van der Waals surface area contributed by atoms with Crippen LogP contribution in [-0.2, 0) is 9.53 Å². The van der Waals surface area contributed by atoms with Gasteiger partial charge in [-0.25, -0.2) is 4.79 Å². The lowest BCUT2D eigenvalue weighted by atomic mass is 9.87. The molecule has 1 rings (SSSR count). The average Bonchev–Trinajstić information content (AvgIpc) is 2.25. The second kappa shape index (κ2) is 5.59. The molecule has 1 heterocycles.